The molecule has 25 heavy (non-hydrogen) atoms. The molecule has 6 atom stereocenters. The third-order valence-electron chi connectivity index (χ3n) is 8.85. The molecule has 0 saturated heterocycles. The van der Waals surface area contributed by atoms with Crippen LogP contribution in [0, 0.1) is 34.5 Å². The molecule has 4 aliphatic carbocycles. The van der Waals surface area contributed by atoms with E-state index in [4.69, 9.17) is 11.7 Å². The van der Waals surface area contributed by atoms with Crippen molar-refractivity contribution in [1.82, 2.24) is 0 Å². The lowest BCUT2D eigenvalue weighted by atomic mass is 9.46. The van der Waals surface area contributed by atoms with Crippen molar-refractivity contribution in [3.8, 4) is 0 Å². The molecule has 0 unspecified atom stereocenters. The quantitative estimate of drug-likeness (QED) is 0.425. The molecule has 0 bridgehead atoms. The average Bonchev–Trinajstić information content (AvgIpc) is 2.97. The Balaban J connectivity index is 1.65. The Labute approximate surface area is 152 Å². The van der Waals surface area contributed by atoms with Gasteiger partial charge in [0.25, 0.3) is 0 Å². The maximum absolute atomic E-state index is 5.66. The number of hydrogen-bond donors (Lipinski definition) is 2. The molecule has 4 aliphatic rings. The van der Waals surface area contributed by atoms with Crippen molar-refractivity contribution >= 4 is 11.4 Å². The maximum Gasteiger partial charge on any atom is 0.0600 e. The second-order valence-electron chi connectivity index (χ2n) is 9.57. The van der Waals surface area contributed by atoms with Crippen LogP contribution in [0.3, 0.4) is 0 Å². The van der Waals surface area contributed by atoms with Crippen LogP contribution >= 0.6 is 0 Å². The molecule has 4 nitrogen and oxygen atoms in total. The Hall–Kier alpha value is -1.32. The van der Waals surface area contributed by atoms with Crippen molar-refractivity contribution in [2.45, 2.75) is 72.1 Å². The van der Waals surface area contributed by atoms with Gasteiger partial charge in [-0.15, -0.1) is 0 Å². The third-order valence-corrected chi connectivity index (χ3v) is 8.85. The molecule has 3 fully saturated rings. The molecular formula is C21H34N4. The molecule has 0 aromatic heterocycles. The Bertz CT molecular complexity index is 648. The van der Waals surface area contributed by atoms with Gasteiger partial charge in [0.15, 0.2) is 0 Å². The topological polar surface area (TPSA) is 76.8 Å². The van der Waals surface area contributed by atoms with E-state index < -0.39 is 0 Å². The van der Waals surface area contributed by atoms with Gasteiger partial charge in [0, 0.05) is 11.6 Å². The van der Waals surface area contributed by atoms with E-state index in [0.29, 0.717) is 16.7 Å². The fraction of sp³-hybridized carbons (Fsp3) is 0.810. The maximum atomic E-state index is 5.66. The third kappa shape index (κ3) is 2.32. The second-order valence-corrected chi connectivity index (χ2v) is 9.57. The summed E-state index contributed by atoms with van der Waals surface area (Å²) in [4.78, 5) is 0. The summed E-state index contributed by atoms with van der Waals surface area (Å²) in [5.74, 6) is 14.4. The van der Waals surface area contributed by atoms with Gasteiger partial charge in [-0.05, 0) is 93.0 Å². The highest BCUT2D eigenvalue weighted by molar-refractivity contribution is 5.96. The summed E-state index contributed by atoms with van der Waals surface area (Å²) in [6.45, 7) is 7.21. The summed E-state index contributed by atoms with van der Waals surface area (Å²) in [5, 5.41) is 8.08. The number of fused-ring (bicyclic) bond motifs is 5. The van der Waals surface area contributed by atoms with E-state index in [1.807, 2.05) is 0 Å². The Morgan fingerprint density at radius 3 is 2.56 bits per heavy atom. The molecule has 0 spiro atoms. The normalized spacial score (nSPS) is 48.5. The van der Waals surface area contributed by atoms with E-state index >= 15 is 0 Å². The number of nitrogens with two attached hydrogens (primary N) is 2. The minimum atomic E-state index is 0.369. The summed E-state index contributed by atoms with van der Waals surface area (Å²) >= 11 is 0. The van der Waals surface area contributed by atoms with Crippen molar-refractivity contribution in [3.63, 3.8) is 0 Å². The summed E-state index contributed by atoms with van der Waals surface area (Å²) in [6.07, 6.45) is 12.5. The predicted octanol–water partition coefficient (Wildman–Crippen LogP) is 4.21. The van der Waals surface area contributed by atoms with Crippen LogP contribution < -0.4 is 11.7 Å². The summed E-state index contributed by atoms with van der Waals surface area (Å²) in [7, 11) is 0. The standard InChI is InChI=1S/C21H34N4/c1-13(24-22)17-6-7-18-16-5-4-14-12-15(25-23)8-10-20(14,2)19(16)9-11-21(17,18)3/h12,16-19H,4-11,22-23H2,1-3H3/b24-13-,25-15+/t16-,17+,18-,19+,20+,21+/m0/s1. The molecule has 3 saturated carbocycles. The monoisotopic (exact) mass is 342 g/mol. The fourth-order valence-electron chi connectivity index (χ4n) is 7.45. The van der Waals surface area contributed by atoms with Gasteiger partial charge in [0.05, 0.1) is 5.71 Å². The first kappa shape index (κ1) is 17.1. The van der Waals surface area contributed by atoms with Gasteiger partial charge in [-0.25, -0.2) is 0 Å². The Morgan fingerprint density at radius 1 is 1.04 bits per heavy atom. The molecule has 0 amide bonds. The molecule has 0 radical (unpaired) electrons. The minimum Gasteiger partial charge on any atom is -0.323 e. The molecule has 0 heterocycles. The lowest BCUT2D eigenvalue weighted by Gasteiger charge is -2.58. The second kappa shape index (κ2) is 5.85. The zero-order chi connectivity index (χ0) is 17.8. The van der Waals surface area contributed by atoms with E-state index in [1.54, 1.807) is 5.57 Å². The first-order valence-corrected chi connectivity index (χ1v) is 10.2. The van der Waals surface area contributed by atoms with Crippen molar-refractivity contribution < 1.29 is 0 Å². The number of nitrogens with zero attached hydrogens (tertiary/aromatic N) is 2. The van der Waals surface area contributed by atoms with Crippen LogP contribution in [0.1, 0.15) is 72.1 Å². The molecule has 0 aromatic rings. The lowest BCUT2D eigenvalue weighted by Crippen LogP contribution is -2.51. The zero-order valence-corrected chi connectivity index (χ0v) is 16.1. The highest BCUT2D eigenvalue weighted by atomic mass is 15.1. The van der Waals surface area contributed by atoms with E-state index in [2.05, 4.69) is 37.1 Å². The molecule has 4 heteroatoms. The van der Waals surface area contributed by atoms with Crippen LogP contribution in [0.5, 0.6) is 0 Å². The van der Waals surface area contributed by atoms with E-state index in [0.717, 1.165) is 29.9 Å². The first-order chi connectivity index (χ1) is 11.9. The van der Waals surface area contributed by atoms with Gasteiger partial charge in [-0.2, -0.15) is 10.2 Å². The van der Waals surface area contributed by atoms with Gasteiger partial charge < -0.3 is 11.7 Å². The van der Waals surface area contributed by atoms with E-state index in [-0.39, 0.29) is 0 Å². The van der Waals surface area contributed by atoms with Gasteiger partial charge in [0.2, 0.25) is 0 Å². The molecule has 0 aliphatic heterocycles. The average molecular weight is 343 g/mol. The molecule has 138 valence electrons. The van der Waals surface area contributed by atoms with Gasteiger partial charge >= 0.3 is 0 Å². The van der Waals surface area contributed by atoms with E-state index in [1.165, 1.54) is 50.7 Å². The van der Waals surface area contributed by atoms with Gasteiger partial charge in [-0.1, -0.05) is 19.4 Å². The zero-order valence-electron chi connectivity index (χ0n) is 16.1. The van der Waals surface area contributed by atoms with Crippen LogP contribution in [-0.4, -0.2) is 11.4 Å². The summed E-state index contributed by atoms with van der Waals surface area (Å²) in [5.41, 5.74) is 4.68. The number of hydrogen-bond acceptors (Lipinski definition) is 4. The molecule has 4 N–H and O–H groups in total. The molecule has 4 rings (SSSR count). The smallest absolute Gasteiger partial charge is 0.0600 e. The van der Waals surface area contributed by atoms with Crippen LogP contribution in [0.15, 0.2) is 21.9 Å². The van der Waals surface area contributed by atoms with Gasteiger partial charge in [-0.3, -0.25) is 0 Å². The Kier molecular flexibility index (Phi) is 4.01. The summed E-state index contributed by atoms with van der Waals surface area (Å²) < 4.78 is 0. The largest absolute Gasteiger partial charge is 0.323 e. The SMILES string of the molecule is C/C(=N/N)[C@H]1CC[C@H]2[C@@H]3CCC4=C/C(=N/N)CC[C@@]4(C)[C@@H]3CC[C@]12C. The summed E-state index contributed by atoms with van der Waals surface area (Å²) in [6, 6.07) is 0. The first-order valence-electron chi connectivity index (χ1n) is 10.2. The highest BCUT2D eigenvalue weighted by Gasteiger charge is 2.59. The van der Waals surface area contributed by atoms with Crippen molar-refractivity contribution in [3.05, 3.63) is 11.6 Å². The van der Waals surface area contributed by atoms with Crippen LogP contribution in [-0.2, 0) is 0 Å². The number of rotatable bonds is 1. The van der Waals surface area contributed by atoms with Crippen molar-refractivity contribution in [1.29, 1.82) is 0 Å². The van der Waals surface area contributed by atoms with Crippen LogP contribution in [0.4, 0.5) is 0 Å². The molecule has 0 aromatic carbocycles. The molecular weight excluding hydrogens is 308 g/mol. The predicted molar refractivity (Wildman–Crippen MR) is 104 cm³/mol. The number of hydrazone groups is 2. The van der Waals surface area contributed by atoms with Gasteiger partial charge in [0.1, 0.15) is 0 Å². The van der Waals surface area contributed by atoms with Crippen LogP contribution in [0.2, 0.25) is 0 Å². The minimum absolute atomic E-state index is 0.369. The van der Waals surface area contributed by atoms with Crippen molar-refractivity contribution in [2.24, 2.45) is 56.4 Å². The highest BCUT2D eigenvalue weighted by Crippen LogP contribution is 2.66. The lowest BCUT2D eigenvalue weighted by molar-refractivity contribution is -0.0407. The van der Waals surface area contributed by atoms with Crippen LogP contribution in [0.25, 0.3) is 0 Å². The fourth-order valence-corrected chi connectivity index (χ4v) is 7.45. The Morgan fingerprint density at radius 2 is 1.84 bits per heavy atom. The van der Waals surface area contributed by atoms with Crippen molar-refractivity contribution in [2.75, 3.05) is 0 Å². The number of allylic oxidation sites excluding steroid dienone is 2. The van der Waals surface area contributed by atoms with E-state index in [9.17, 15) is 0 Å².